The van der Waals surface area contributed by atoms with E-state index in [0.717, 1.165) is 11.0 Å². The van der Waals surface area contributed by atoms with Gasteiger partial charge < -0.3 is 9.22 Å². The third-order valence-corrected chi connectivity index (χ3v) is 3.99. The number of hydrogen-bond acceptors (Lipinski definition) is 4. The van der Waals surface area contributed by atoms with Gasteiger partial charge in [-0.3, -0.25) is 5.41 Å². The van der Waals surface area contributed by atoms with Crippen LogP contribution in [-0.4, -0.2) is 50.1 Å². The molecule has 0 radical (unpaired) electrons. The standard InChI is InChI=1S/C18H32N3O2/c1-4-5-6-7-8-9-10-11-12-21(2,3)13-14-23-18(22)17(15-19)16-20/h19H,4-14H2,1-3H3/q+1. The zero-order valence-electron chi connectivity index (χ0n) is 15.0. The average molecular weight is 322 g/mol. The van der Waals surface area contributed by atoms with E-state index in [1.54, 1.807) is 11.9 Å². The fourth-order valence-corrected chi connectivity index (χ4v) is 2.37. The van der Waals surface area contributed by atoms with Gasteiger partial charge in [0.05, 0.1) is 20.6 Å². The molecule has 0 bridgehead atoms. The molecule has 0 saturated carbocycles. The van der Waals surface area contributed by atoms with Crippen LogP contribution in [0.15, 0.2) is 5.57 Å². The Hall–Kier alpha value is -1.63. The summed E-state index contributed by atoms with van der Waals surface area (Å²) in [5.41, 5.74) is -0.377. The van der Waals surface area contributed by atoms with Crippen molar-refractivity contribution in [2.75, 3.05) is 33.8 Å². The predicted molar refractivity (Wildman–Crippen MR) is 92.3 cm³/mol. The summed E-state index contributed by atoms with van der Waals surface area (Å²) in [4.78, 5) is 11.4. The van der Waals surface area contributed by atoms with Crippen molar-refractivity contribution in [3.05, 3.63) is 5.57 Å². The lowest BCUT2D eigenvalue weighted by molar-refractivity contribution is -0.890. The van der Waals surface area contributed by atoms with Gasteiger partial charge >= 0.3 is 5.97 Å². The van der Waals surface area contributed by atoms with E-state index < -0.39 is 5.97 Å². The van der Waals surface area contributed by atoms with Crippen LogP contribution in [0.5, 0.6) is 0 Å². The minimum Gasteiger partial charge on any atom is -0.455 e. The van der Waals surface area contributed by atoms with Crippen molar-refractivity contribution >= 4 is 11.8 Å². The predicted octanol–water partition coefficient (Wildman–Crippen LogP) is 3.45. The Bertz CT molecular complexity index is 432. The van der Waals surface area contributed by atoms with E-state index >= 15 is 0 Å². The molecule has 130 valence electrons. The number of likely N-dealkylation sites (N-methyl/N-ethyl adjacent to an activating group) is 1. The number of hydrogen-bond donors (Lipinski definition) is 1. The molecule has 0 aliphatic heterocycles. The molecule has 0 aromatic rings. The third-order valence-electron chi connectivity index (χ3n) is 3.99. The van der Waals surface area contributed by atoms with Crippen LogP contribution >= 0.6 is 0 Å². The molecule has 0 fully saturated rings. The summed E-state index contributed by atoms with van der Waals surface area (Å²) in [6, 6.07) is 1.60. The van der Waals surface area contributed by atoms with Crippen molar-refractivity contribution in [1.29, 1.82) is 10.7 Å². The van der Waals surface area contributed by atoms with Crippen molar-refractivity contribution in [2.24, 2.45) is 0 Å². The minimum absolute atomic E-state index is 0.260. The van der Waals surface area contributed by atoms with Crippen LogP contribution in [-0.2, 0) is 9.53 Å². The van der Waals surface area contributed by atoms with Gasteiger partial charge in [-0.25, -0.2) is 4.79 Å². The molecule has 0 aromatic carbocycles. The molecule has 0 atom stereocenters. The Morgan fingerprint density at radius 2 is 1.61 bits per heavy atom. The molecule has 1 N–H and O–H groups in total. The highest BCUT2D eigenvalue weighted by Crippen LogP contribution is 2.10. The van der Waals surface area contributed by atoms with E-state index in [2.05, 4.69) is 21.0 Å². The molecule has 0 unspecified atom stereocenters. The second-order valence-corrected chi connectivity index (χ2v) is 6.61. The van der Waals surface area contributed by atoms with Crippen LogP contribution in [0, 0.1) is 16.7 Å². The van der Waals surface area contributed by atoms with Crippen molar-refractivity contribution in [2.45, 2.75) is 58.3 Å². The van der Waals surface area contributed by atoms with Crippen LogP contribution in [0.2, 0.25) is 0 Å². The summed E-state index contributed by atoms with van der Waals surface area (Å²) in [6.07, 6.45) is 10.4. The molecule has 5 heteroatoms. The van der Waals surface area contributed by atoms with E-state index in [-0.39, 0.29) is 12.2 Å². The maximum absolute atomic E-state index is 11.4. The summed E-state index contributed by atoms with van der Waals surface area (Å²) in [6.45, 7) is 4.26. The van der Waals surface area contributed by atoms with Gasteiger partial charge in [-0.2, -0.15) is 5.26 Å². The summed E-state index contributed by atoms with van der Waals surface area (Å²) in [5.74, 6) is 1.04. The van der Waals surface area contributed by atoms with Gasteiger partial charge in [0.25, 0.3) is 0 Å². The molecule has 0 saturated heterocycles. The lowest BCUT2D eigenvalue weighted by Gasteiger charge is -2.29. The molecular weight excluding hydrogens is 290 g/mol. The van der Waals surface area contributed by atoms with E-state index in [1.165, 1.54) is 51.4 Å². The van der Waals surface area contributed by atoms with Gasteiger partial charge in [0.2, 0.25) is 0 Å². The number of rotatable bonds is 13. The first-order valence-electron chi connectivity index (χ1n) is 8.65. The normalized spacial score (nSPS) is 10.7. The number of nitriles is 1. The SMILES string of the molecule is CCCCCCCCCC[N+](C)(C)CCOC(=O)C(=C=N)C#N. The molecule has 5 nitrogen and oxygen atoms in total. The number of unbranched alkanes of at least 4 members (excludes halogenated alkanes) is 7. The minimum atomic E-state index is -0.755. The zero-order valence-corrected chi connectivity index (χ0v) is 15.0. The lowest BCUT2D eigenvalue weighted by Crippen LogP contribution is -2.43. The van der Waals surface area contributed by atoms with Gasteiger partial charge in [-0.1, -0.05) is 45.4 Å². The lowest BCUT2D eigenvalue weighted by atomic mass is 10.1. The second kappa shape index (κ2) is 12.9. The Balaban J connectivity index is 3.75. The monoisotopic (exact) mass is 322 g/mol. The van der Waals surface area contributed by atoms with Gasteiger partial charge in [0.15, 0.2) is 5.57 Å². The van der Waals surface area contributed by atoms with Gasteiger partial charge in [-0.15, -0.1) is 0 Å². The number of esters is 1. The number of nitrogens with zero attached hydrogens (tertiary/aromatic N) is 2. The van der Waals surface area contributed by atoms with Crippen LogP contribution in [0.25, 0.3) is 0 Å². The largest absolute Gasteiger partial charge is 0.455 e. The van der Waals surface area contributed by atoms with Crippen LogP contribution in [0.4, 0.5) is 0 Å². The van der Waals surface area contributed by atoms with Gasteiger partial charge in [0, 0.05) is 5.87 Å². The summed E-state index contributed by atoms with van der Waals surface area (Å²) in [5, 5.41) is 15.4. The number of nitrogens with one attached hydrogen (secondary N) is 1. The van der Waals surface area contributed by atoms with Crippen molar-refractivity contribution < 1.29 is 14.0 Å². The number of ether oxygens (including phenoxy) is 1. The molecule has 0 aliphatic rings. The molecule has 0 aliphatic carbocycles. The Kier molecular flexibility index (Phi) is 12.0. The second-order valence-electron chi connectivity index (χ2n) is 6.61. The Labute approximate surface area is 141 Å². The molecule has 0 spiro atoms. The fourth-order valence-electron chi connectivity index (χ4n) is 2.37. The number of carbonyl (C=O) groups is 1. The van der Waals surface area contributed by atoms with Gasteiger partial charge in [-0.05, 0) is 12.8 Å². The van der Waals surface area contributed by atoms with E-state index in [9.17, 15) is 4.79 Å². The van der Waals surface area contributed by atoms with Crippen molar-refractivity contribution in [3.8, 4) is 6.07 Å². The smallest absolute Gasteiger partial charge is 0.358 e. The third kappa shape index (κ3) is 11.6. The number of carbonyl (C=O) groups excluding carboxylic acids is 1. The zero-order chi connectivity index (χ0) is 17.6. The Morgan fingerprint density at radius 3 is 2.13 bits per heavy atom. The van der Waals surface area contributed by atoms with Crippen LogP contribution < -0.4 is 0 Å². The number of quaternary nitrogens is 1. The maximum atomic E-state index is 11.4. The highest BCUT2D eigenvalue weighted by atomic mass is 16.5. The Morgan fingerprint density at radius 1 is 1.04 bits per heavy atom. The summed E-state index contributed by atoms with van der Waals surface area (Å²) in [7, 11) is 4.24. The topological polar surface area (TPSA) is 73.9 Å². The molecule has 23 heavy (non-hydrogen) atoms. The molecule has 0 heterocycles. The maximum Gasteiger partial charge on any atom is 0.358 e. The van der Waals surface area contributed by atoms with E-state index in [4.69, 9.17) is 15.4 Å². The first-order chi connectivity index (χ1) is 11.0. The van der Waals surface area contributed by atoms with Crippen molar-refractivity contribution in [3.63, 3.8) is 0 Å². The van der Waals surface area contributed by atoms with Crippen LogP contribution in [0.3, 0.4) is 0 Å². The molecular formula is C18H32N3O2+. The van der Waals surface area contributed by atoms with E-state index in [0.29, 0.717) is 6.54 Å². The molecule has 0 rings (SSSR count). The van der Waals surface area contributed by atoms with Crippen molar-refractivity contribution in [1.82, 2.24) is 0 Å². The highest BCUT2D eigenvalue weighted by molar-refractivity contribution is 6.01. The summed E-state index contributed by atoms with van der Waals surface area (Å²) < 4.78 is 5.80. The summed E-state index contributed by atoms with van der Waals surface area (Å²) >= 11 is 0. The van der Waals surface area contributed by atoms with E-state index in [1.807, 2.05) is 0 Å². The first-order valence-corrected chi connectivity index (χ1v) is 8.65. The van der Waals surface area contributed by atoms with Gasteiger partial charge in [0.1, 0.15) is 19.2 Å². The molecule has 0 aromatic heterocycles. The van der Waals surface area contributed by atoms with Crippen LogP contribution in [0.1, 0.15) is 58.3 Å². The molecule has 0 amide bonds. The first kappa shape index (κ1) is 21.4. The average Bonchev–Trinajstić information content (AvgIpc) is 2.51. The highest BCUT2D eigenvalue weighted by Gasteiger charge is 2.17. The fraction of sp³-hybridized carbons (Fsp3) is 0.778. The quantitative estimate of drug-likeness (QED) is 0.141.